The predicted octanol–water partition coefficient (Wildman–Crippen LogP) is 0.605. The number of hydrogen-bond donors (Lipinski definition) is 2. The number of nitrogens with one attached hydrogen (secondary N) is 1. The van der Waals surface area contributed by atoms with Crippen LogP contribution < -0.4 is 5.32 Å². The van der Waals surface area contributed by atoms with E-state index in [-0.39, 0.29) is 12.0 Å². The zero-order chi connectivity index (χ0) is 12.0. The van der Waals surface area contributed by atoms with Crippen molar-refractivity contribution in [2.24, 2.45) is 5.92 Å². The Morgan fingerprint density at radius 2 is 2.19 bits per heavy atom. The van der Waals surface area contributed by atoms with Gasteiger partial charge in [0.05, 0.1) is 6.10 Å². The van der Waals surface area contributed by atoms with Crippen molar-refractivity contribution >= 4 is 5.91 Å². The second-order valence-corrected chi connectivity index (χ2v) is 4.93. The van der Waals surface area contributed by atoms with Crippen LogP contribution in [0.15, 0.2) is 0 Å². The van der Waals surface area contributed by atoms with Crippen LogP contribution in [0.5, 0.6) is 0 Å². The number of hydrogen-bond acceptors (Lipinski definition) is 3. The van der Waals surface area contributed by atoms with Gasteiger partial charge in [0, 0.05) is 27.1 Å². The molecule has 0 aromatic rings. The molecule has 1 aliphatic rings. The number of aliphatic hydroxyl groups excluding tert-OH is 1. The number of carbonyl (C=O) groups is 1. The van der Waals surface area contributed by atoms with E-state index in [9.17, 15) is 9.90 Å². The van der Waals surface area contributed by atoms with Crippen molar-refractivity contribution in [3.8, 4) is 0 Å². The van der Waals surface area contributed by atoms with Gasteiger partial charge in [-0.25, -0.2) is 0 Å². The van der Waals surface area contributed by atoms with Crippen LogP contribution >= 0.6 is 0 Å². The van der Waals surface area contributed by atoms with E-state index >= 15 is 0 Å². The van der Waals surface area contributed by atoms with E-state index in [1.165, 1.54) is 6.42 Å². The maximum Gasteiger partial charge on any atom is 0.223 e. The molecule has 0 aromatic carbocycles. The van der Waals surface area contributed by atoms with Crippen LogP contribution in [-0.2, 0) is 4.79 Å². The second-order valence-electron chi connectivity index (χ2n) is 4.93. The Morgan fingerprint density at radius 3 is 2.81 bits per heavy atom. The minimum atomic E-state index is -0.107. The van der Waals surface area contributed by atoms with Gasteiger partial charge in [-0.1, -0.05) is 6.42 Å². The SMILES string of the molecule is CN(C)C(=O)CCNCC1CCCC(O)C1. The largest absolute Gasteiger partial charge is 0.393 e. The highest BCUT2D eigenvalue weighted by Crippen LogP contribution is 2.23. The van der Waals surface area contributed by atoms with Crippen molar-refractivity contribution in [1.29, 1.82) is 0 Å². The van der Waals surface area contributed by atoms with Crippen LogP contribution in [0.4, 0.5) is 0 Å². The molecule has 0 bridgehead atoms. The van der Waals surface area contributed by atoms with Gasteiger partial charge in [-0.3, -0.25) is 4.79 Å². The monoisotopic (exact) mass is 228 g/mol. The average molecular weight is 228 g/mol. The molecule has 1 rings (SSSR count). The fourth-order valence-electron chi connectivity index (χ4n) is 2.17. The van der Waals surface area contributed by atoms with Gasteiger partial charge in [0.1, 0.15) is 0 Å². The maximum absolute atomic E-state index is 11.3. The van der Waals surface area contributed by atoms with E-state index in [2.05, 4.69) is 5.32 Å². The molecule has 1 amide bonds. The Hall–Kier alpha value is -0.610. The zero-order valence-corrected chi connectivity index (χ0v) is 10.4. The Labute approximate surface area is 98.0 Å². The van der Waals surface area contributed by atoms with Crippen molar-refractivity contribution in [2.45, 2.75) is 38.2 Å². The molecule has 0 aliphatic heterocycles. The summed E-state index contributed by atoms with van der Waals surface area (Å²) in [6, 6.07) is 0. The fraction of sp³-hybridized carbons (Fsp3) is 0.917. The van der Waals surface area contributed by atoms with Crippen LogP contribution in [0, 0.1) is 5.92 Å². The number of carbonyl (C=O) groups excluding carboxylic acids is 1. The highest BCUT2D eigenvalue weighted by atomic mass is 16.3. The topological polar surface area (TPSA) is 52.6 Å². The molecular weight excluding hydrogens is 204 g/mol. The van der Waals surface area contributed by atoms with E-state index in [1.807, 2.05) is 0 Å². The Bertz CT molecular complexity index is 219. The molecule has 0 radical (unpaired) electrons. The summed E-state index contributed by atoms with van der Waals surface area (Å²) in [6.07, 6.45) is 4.64. The summed E-state index contributed by atoms with van der Waals surface area (Å²) in [4.78, 5) is 12.9. The van der Waals surface area contributed by atoms with Crippen molar-refractivity contribution in [3.05, 3.63) is 0 Å². The van der Waals surface area contributed by atoms with E-state index in [1.54, 1.807) is 19.0 Å². The fourth-order valence-corrected chi connectivity index (χ4v) is 2.17. The lowest BCUT2D eigenvalue weighted by atomic mass is 9.87. The third-order valence-corrected chi connectivity index (χ3v) is 3.20. The second kappa shape index (κ2) is 6.86. The Morgan fingerprint density at radius 1 is 1.44 bits per heavy atom. The molecule has 1 saturated carbocycles. The third-order valence-electron chi connectivity index (χ3n) is 3.20. The summed E-state index contributed by atoms with van der Waals surface area (Å²) in [7, 11) is 3.56. The lowest BCUT2D eigenvalue weighted by molar-refractivity contribution is -0.128. The zero-order valence-electron chi connectivity index (χ0n) is 10.4. The van der Waals surface area contributed by atoms with Gasteiger partial charge in [-0.05, 0) is 31.7 Å². The van der Waals surface area contributed by atoms with Crippen LogP contribution in [0.1, 0.15) is 32.1 Å². The van der Waals surface area contributed by atoms with Crippen LogP contribution in [-0.4, -0.2) is 49.2 Å². The first kappa shape index (κ1) is 13.5. The molecule has 0 heterocycles. The summed E-state index contributed by atoms with van der Waals surface area (Å²) in [5, 5.41) is 12.8. The van der Waals surface area contributed by atoms with Crippen molar-refractivity contribution in [3.63, 3.8) is 0 Å². The molecule has 4 heteroatoms. The molecular formula is C12H24N2O2. The molecule has 2 unspecified atom stereocenters. The first-order valence-electron chi connectivity index (χ1n) is 6.18. The Balaban J connectivity index is 2.04. The first-order valence-corrected chi connectivity index (χ1v) is 6.18. The minimum Gasteiger partial charge on any atom is -0.393 e. The summed E-state index contributed by atoms with van der Waals surface area (Å²) in [5.41, 5.74) is 0. The van der Waals surface area contributed by atoms with Crippen molar-refractivity contribution in [1.82, 2.24) is 10.2 Å². The molecule has 1 aliphatic carbocycles. The van der Waals surface area contributed by atoms with Gasteiger partial charge in [-0.2, -0.15) is 0 Å². The molecule has 16 heavy (non-hydrogen) atoms. The van der Waals surface area contributed by atoms with Gasteiger partial charge >= 0.3 is 0 Å². The summed E-state index contributed by atoms with van der Waals surface area (Å²) in [5.74, 6) is 0.745. The van der Waals surface area contributed by atoms with Gasteiger partial charge < -0.3 is 15.3 Å². The van der Waals surface area contributed by atoms with E-state index in [0.717, 1.165) is 32.4 Å². The molecule has 0 saturated heterocycles. The smallest absolute Gasteiger partial charge is 0.223 e. The van der Waals surface area contributed by atoms with E-state index in [4.69, 9.17) is 0 Å². The van der Waals surface area contributed by atoms with Gasteiger partial charge in [0.25, 0.3) is 0 Å². The first-order chi connectivity index (χ1) is 7.59. The summed E-state index contributed by atoms with van der Waals surface area (Å²) >= 11 is 0. The molecule has 1 fully saturated rings. The quantitative estimate of drug-likeness (QED) is 0.678. The molecule has 0 spiro atoms. The molecule has 0 aromatic heterocycles. The molecule has 94 valence electrons. The number of amides is 1. The third kappa shape index (κ3) is 4.94. The van der Waals surface area contributed by atoms with Crippen LogP contribution in [0.25, 0.3) is 0 Å². The lowest BCUT2D eigenvalue weighted by Crippen LogP contribution is -2.32. The number of nitrogens with zero attached hydrogens (tertiary/aromatic N) is 1. The van der Waals surface area contributed by atoms with Gasteiger partial charge in [-0.15, -0.1) is 0 Å². The van der Waals surface area contributed by atoms with E-state index < -0.39 is 0 Å². The van der Waals surface area contributed by atoms with E-state index in [0.29, 0.717) is 12.3 Å². The summed E-state index contributed by atoms with van der Waals surface area (Å²) < 4.78 is 0. The highest BCUT2D eigenvalue weighted by Gasteiger charge is 2.19. The van der Waals surface area contributed by atoms with Gasteiger partial charge in [0.2, 0.25) is 5.91 Å². The maximum atomic E-state index is 11.3. The number of rotatable bonds is 5. The highest BCUT2D eigenvalue weighted by molar-refractivity contribution is 5.75. The van der Waals surface area contributed by atoms with Crippen LogP contribution in [0.3, 0.4) is 0 Å². The normalized spacial score (nSPS) is 25.4. The van der Waals surface area contributed by atoms with Gasteiger partial charge in [0.15, 0.2) is 0 Å². The summed E-state index contributed by atoms with van der Waals surface area (Å²) in [6.45, 7) is 1.67. The lowest BCUT2D eigenvalue weighted by Gasteiger charge is -2.26. The average Bonchev–Trinajstić information content (AvgIpc) is 2.24. The predicted molar refractivity (Wildman–Crippen MR) is 64.1 cm³/mol. The standard InChI is InChI=1S/C12H24N2O2/c1-14(2)12(16)6-7-13-9-10-4-3-5-11(15)8-10/h10-11,13,15H,3-9H2,1-2H3. The molecule has 2 atom stereocenters. The van der Waals surface area contributed by atoms with Crippen molar-refractivity contribution < 1.29 is 9.90 Å². The molecule has 4 nitrogen and oxygen atoms in total. The molecule has 2 N–H and O–H groups in total. The van der Waals surface area contributed by atoms with Crippen molar-refractivity contribution in [2.75, 3.05) is 27.2 Å². The number of aliphatic hydroxyl groups is 1. The minimum absolute atomic E-state index is 0.107. The van der Waals surface area contributed by atoms with Crippen LogP contribution in [0.2, 0.25) is 0 Å². The Kier molecular flexibility index (Phi) is 5.77.